The van der Waals surface area contributed by atoms with Gasteiger partial charge in [0.1, 0.15) is 16.4 Å². The van der Waals surface area contributed by atoms with Crippen LogP contribution in [0.1, 0.15) is 70.7 Å². The van der Waals surface area contributed by atoms with E-state index in [4.69, 9.17) is 28.3 Å². The first-order valence-electron chi connectivity index (χ1n) is 14.7. The van der Waals surface area contributed by atoms with Crippen LogP contribution in [0.15, 0.2) is 63.8 Å². The van der Waals surface area contributed by atoms with Crippen LogP contribution in [0, 0.1) is 0 Å². The molecule has 1 amide bonds. The third-order valence-electron chi connectivity index (χ3n) is 7.45. The molecular formula is C33H31N3O7S. The second kappa shape index (κ2) is 12.8. The quantitative estimate of drug-likeness (QED) is 0.180. The van der Waals surface area contributed by atoms with Gasteiger partial charge < -0.3 is 23.6 Å². The second-order valence-electron chi connectivity index (χ2n) is 10.5. The fourth-order valence-electron chi connectivity index (χ4n) is 5.27. The molecule has 1 N–H and O–H groups in total. The number of ether oxygens (including phenoxy) is 2. The van der Waals surface area contributed by atoms with E-state index < -0.39 is 23.9 Å². The molecule has 0 radical (unpaired) electrons. The molecule has 4 heterocycles. The summed E-state index contributed by atoms with van der Waals surface area (Å²) in [6.07, 6.45) is 7.80. The van der Waals surface area contributed by atoms with E-state index >= 15 is 0 Å². The molecule has 11 heteroatoms. The number of furan rings is 2. The molecule has 226 valence electrons. The molecule has 0 spiro atoms. The molecule has 1 aliphatic carbocycles. The first-order valence-corrected chi connectivity index (χ1v) is 15.5. The minimum absolute atomic E-state index is 0.203. The van der Waals surface area contributed by atoms with Crippen LogP contribution in [0.5, 0.6) is 0 Å². The number of anilines is 1. The molecule has 1 unspecified atom stereocenters. The molecule has 0 fully saturated rings. The summed E-state index contributed by atoms with van der Waals surface area (Å²) >= 11 is 1.40. The van der Waals surface area contributed by atoms with Gasteiger partial charge in [-0.15, -0.1) is 11.3 Å². The number of benzene rings is 1. The number of hydrogen-bond donors (Lipinski definition) is 1. The maximum Gasteiger partial charge on any atom is 0.341 e. The van der Waals surface area contributed by atoms with Crippen LogP contribution in [-0.4, -0.2) is 40.5 Å². The molecule has 6 rings (SSSR count). The van der Waals surface area contributed by atoms with E-state index in [0.717, 1.165) is 49.0 Å². The zero-order valence-corrected chi connectivity index (χ0v) is 25.2. The molecule has 0 aliphatic heterocycles. The lowest BCUT2D eigenvalue weighted by atomic mass is 9.96. The highest BCUT2D eigenvalue weighted by atomic mass is 32.1. The highest BCUT2D eigenvalue weighted by Gasteiger charge is 2.28. The van der Waals surface area contributed by atoms with E-state index in [-0.39, 0.29) is 12.2 Å². The number of rotatable bonds is 8. The van der Waals surface area contributed by atoms with Crippen LogP contribution < -0.4 is 5.32 Å². The van der Waals surface area contributed by atoms with Crippen LogP contribution in [0.2, 0.25) is 0 Å². The zero-order chi connectivity index (χ0) is 30.6. The Balaban J connectivity index is 1.22. The molecule has 1 aromatic carbocycles. The number of esters is 2. The summed E-state index contributed by atoms with van der Waals surface area (Å²) in [5.74, 6) is -0.672. The Labute approximate surface area is 257 Å². The smallest absolute Gasteiger partial charge is 0.341 e. The lowest BCUT2D eigenvalue weighted by Crippen LogP contribution is -2.30. The third kappa shape index (κ3) is 6.00. The first kappa shape index (κ1) is 29.3. The van der Waals surface area contributed by atoms with Crippen LogP contribution in [-0.2, 0) is 27.1 Å². The number of amides is 1. The van der Waals surface area contributed by atoms with Crippen molar-refractivity contribution in [3.05, 3.63) is 76.6 Å². The Kier molecular flexibility index (Phi) is 8.56. The van der Waals surface area contributed by atoms with Gasteiger partial charge in [-0.25, -0.2) is 19.6 Å². The van der Waals surface area contributed by atoms with Gasteiger partial charge in [0.15, 0.2) is 17.6 Å². The Morgan fingerprint density at radius 2 is 1.59 bits per heavy atom. The molecule has 5 aromatic rings. The van der Waals surface area contributed by atoms with Crippen LogP contribution in [0.25, 0.3) is 33.9 Å². The Morgan fingerprint density at radius 3 is 2.25 bits per heavy atom. The summed E-state index contributed by atoms with van der Waals surface area (Å²) in [6.45, 7) is 3.47. The van der Waals surface area contributed by atoms with Crippen molar-refractivity contribution in [2.24, 2.45) is 0 Å². The minimum Gasteiger partial charge on any atom is -0.463 e. The second-order valence-corrected chi connectivity index (χ2v) is 11.6. The lowest BCUT2D eigenvalue weighted by Gasteiger charge is -2.14. The molecule has 44 heavy (non-hydrogen) atoms. The molecule has 0 saturated carbocycles. The summed E-state index contributed by atoms with van der Waals surface area (Å²) < 4.78 is 22.0. The van der Waals surface area contributed by atoms with Crippen molar-refractivity contribution in [2.45, 2.75) is 58.5 Å². The summed E-state index contributed by atoms with van der Waals surface area (Å²) in [7, 11) is 0. The van der Waals surface area contributed by atoms with Gasteiger partial charge in [0.25, 0.3) is 5.91 Å². The van der Waals surface area contributed by atoms with Gasteiger partial charge >= 0.3 is 11.9 Å². The van der Waals surface area contributed by atoms with Gasteiger partial charge in [0, 0.05) is 4.88 Å². The number of fused-ring (bicyclic) bond motifs is 2. The topological polar surface area (TPSA) is 134 Å². The molecular weight excluding hydrogens is 582 g/mol. The number of aryl methyl sites for hydroxylation is 1. The highest BCUT2D eigenvalue weighted by molar-refractivity contribution is 7.17. The van der Waals surface area contributed by atoms with E-state index in [9.17, 15) is 14.4 Å². The fraction of sp³-hybridized carbons (Fsp3) is 0.303. The van der Waals surface area contributed by atoms with Crippen molar-refractivity contribution < 1.29 is 32.7 Å². The lowest BCUT2D eigenvalue weighted by molar-refractivity contribution is -0.123. The van der Waals surface area contributed by atoms with E-state index in [2.05, 4.69) is 5.32 Å². The zero-order valence-electron chi connectivity index (χ0n) is 24.4. The number of carbonyl (C=O) groups is 3. The normalized spacial score (nSPS) is 13.9. The molecule has 10 nitrogen and oxygen atoms in total. The summed E-state index contributed by atoms with van der Waals surface area (Å²) in [5, 5.41) is 3.27. The van der Waals surface area contributed by atoms with E-state index in [0.29, 0.717) is 44.5 Å². The van der Waals surface area contributed by atoms with Crippen molar-refractivity contribution in [3.63, 3.8) is 0 Å². The summed E-state index contributed by atoms with van der Waals surface area (Å²) in [6, 6.07) is 11.8. The van der Waals surface area contributed by atoms with E-state index in [1.54, 1.807) is 55.7 Å². The molecule has 4 aromatic heterocycles. The SMILES string of the molecule is CCOC(=O)c1c(NC(=O)C(C)OC(=O)c2ccc3nc(-c4ccco4)c(-c4ccco4)nc3c2)sc2c1CCCCCC2. The minimum atomic E-state index is -1.14. The van der Waals surface area contributed by atoms with Crippen LogP contribution >= 0.6 is 11.3 Å². The van der Waals surface area contributed by atoms with Crippen molar-refractivity contribution in [2.75, 3.05) is 11.9 Å². The number of nitrogens with one attached hydrogen (secondary N) is 1. The monoisotopic (exact) mass is 613 g/mol. The maximum absolute atomic E-state index is 13.2. The Bertz CT molecular complexity index is 1810. The predicted octanol–water partition coefficient (Wildman–Crippen LogP) is 7.23. The average molecular weight is 614 g/mol. The molecule has 1 aliphatic rings. The van der Waals surface area contributed by atoms with Gasteiger partial charge in [-0.2, -0.15) is 0 Å². The number of thiophene rings is 1. The third-order valence-corrected chi connectivity index (χ3v) is 8.66. The van der Waals surface area contributed by atoms with Crippen LogP contribution in [0.3, 0.4) is 0 Å². The highest BCUT2D eigenvalue weighted by Crippen LogP contribution is 2.38. The molecule has 0 saturated heterocycles. The van der Waals surface area contributed by atoms with E-state index in [1.165, 1.54) is 24.5 Å². The standard InChI is InChI=1S/C33H31N3O7S/c1-3-40-33(39)27-21-10-6-4-5-7-13-26(21)44-31(27)36-30(37)19(2)43-32(38)20-14-15-22-23(18-20)35-29(25-12-9-17-42-25)28(34-22)24-11-8-16-41-24/h8-9,11-12,14-19H,3-7,10,13H2,1-2H3,(H,36,37). The average Bonchev–Trinajstić information content (AvgIpc) is 3.79. The van der Waals surface area contributed by atoms with Gasteiger partial charge in [-0.3, -0.25) is 4.79 Å². The fourth-order valence-corrected chi connectivity index (χ4v) is 6.55. The predicted molar refractivity (Wildman–Crippen MR) is 165 cm³/mol. The molecule has 1 atom stereocenters. The maximum atomic E-state index is 13.2. The Morgan fingerprint density at radius 1 is 0.909 bits per heavy atom. The number of hydrogen-bond acceptors (Lipinski definition) is 10. The summed E-state index contributed by atoms with van der Waals surface area (Å²) in [4.78, 5) is 49.9. The van der Waals surface area contributed by atoms with Gasteiger partial charge in [0.2, 0.25) is 0 Å². The van der Waals surface area contributed by atoms with Crippen molar-refractivity contribution in [1.82, 2.24) is 9.97 Å². The Hall–Kier alpha value is -4.77. The summed E-state index contributed by atoms with van der Waals surface area (Å²) in [5.41, 5.74) is 3.50. The van der Waals surface area contributed by atoms with Gasteiger partial charge in [-0.05, 0) is 87.6 Å². The van der Waals surface area contributed by atoms with Crippen molar-refractivity contribution in [1.29, 1.82) is 0 Å². The molecule has 0 bridgehead atoms. The van der Waals surface area contributed by atoms with Gasteiger partial charge in [0.05, 0.1) is 41.3 Å². The van der Waals surface area contributed by atoms with Crippen molar-refractivity contribution >= 4 is 45.2 Å². The van der Waals surface area contributed by atoms with E-state index in [1.807, 2.05) is 0 Å². The first-order chi connectivity index (χ1) is 21.4. The van der Waals surface area contributed by atoms with Gasteiger partial charge in [-0.1, -0.05) is 12.8 Å². The van der Waals surface area contributed by atoms with Crippen molar-refractivity contribution in [3.8, 4) is 22.9 Å². The van der Waals surface area contributed by atoms with Crippen LogP contribution in [0.4, 0.5) is 5.00 Å². The largest absolute Gasteiger partial charge is 0.463 e. The number of aromatic nitrogens is 2. The number of nitrogens with zero attached hydrogens (tertiary/aromatic N) is 2. The number of carbonyl (C=O) groups excluding carboxylic acids is 3.